The van der Waals surface area contributed by atoms with Gasteiger partial charge in [-0.25, -0.2) is 0 Å². The molecule has 1 N–H and O–H groups in total. The van der Waals surface area contributed by atoms with E-state index in [1.54, 1.807) is 17.0 Å². The summed E-state index contributed by atoms with van der Waals surface area (Å²) in [4.78, 5) is 31.7. The van der Waals surface area contributed by atoms with Crippen LogP contribution < -0.4 is 10.2 Å². The Morgan fingerprint density at radius 3 is 2.71 bits per heavy atom. The zero-order valence-corrected chi connectivity index (χ0v) is 15.8. The van der Waals surface area contributed by atoms with E-state index in [0.717, 1.165) is 28.9 Å². The zero-order chi connectivity index (χ0) is 19.7. The number of anilines is 2. The minimum atomic E-state index is -0.267. The number of hydrogen-bond acceptors (Lipinski definition) is 3. The van der Waals surface area contributed by atoms with Crippen molar-refractivity contribution in [2.45, 2.75) is 26.3 Å². The summed E-state index contributed by atoms with van der Waals surface area (Å²) in [6.07, 6.45) is 2.32. The number of nitrogens with zero attached hydrogens (tertiary/aromatic N) is 2. The molecule has 1 atom stereocenters. The molecule has 2 aromatic carbocycles. The first-order valence-corrected chi connectivity index (χ1v) is 9.28. The highest BCUT2D eigenvalue weighted by Gasteiger charge is 2.32. The van der Waals surface area contributed by atoms with Crippen LogP contribution in [-0.4, -0.2) is 22.8 Å². The molecule has 1 aliphatic heterocycles. The van der Waals surface area contributed by atoms with E-state index in [1.165, 1.54) is 6.20 Å². The molecule has 0 bridgehead atoms. The van der Waals surface area contributed by atoms with E-state index in [0.29, 0.717) is 5.56 Å². The van der Waals surface area contributed by atoms with E-state index in [-0.39, 0.29) is 23.6 Å². The number of para-hydroxylation sites is 1. The number of fused-ring (bicyclic) bond motifs is 1. The predicted octanol–water partition coefficient (Wildman–Crippen LogP) is 4.23. The molecular formula is C23H21N3O2. The van der Waals surface area contributed by atoms with E-state index in [4.69, 9.17) is 0 Å². The standard InChI is InChI=1S/C23H21N3O2/c1-15-6-5-8-19(12-15)25-22(27)18-10-11-24-20(14-18)23(28)26-16(2)13-17-7-3-4-9-21(17)26/h3-12,14,16H,13H2,1-2H3,(H,25,27). The number of benzene rings is 2. The first-order chi connectivity index (χ1) is 13.5. The van der Waals surface area contributed by atoms with Gasteiger partial charge in [0.25, 0.3) is 11.8 Å². The molecule has 4 rings (SSSR count). The molecule has 0 saturated heterocycles. The first-order valence-electron chi connectivity index (χ1n) is 9.28. The van der Waals surface area contributed by atoms with Crippen LogP contribution in [0, 0.1) is 6.92 Å². The van der Waals surface area contributed by atoms with Gasteiger partial charge in [-0.1, -0.05) is 30.3 Å². The summed E-state index contributed by atoms with van der Waals surface area (Å²) < 4.78 is 0. The van der Waals surface area contributed by atoms with Gasteiger partial charge in [-0.3, -0.25) is 14.6 Å². The molecule has 0 fully saturated rings. The highest BCUT2D eigenvalue weighted by Crippen LogP contribution is 2.32. The van der Waals surface area contributed by atoms with Gasteiger partial charge < -0.3 is 10.2 Å². The smallest absolute Gasteiger partial charge is 0.277 e. The van der Waals surface area contributed by atoms with Crippen molar-refractivity contribution < 1.29 is 9.59 Å². The van der Waals surface area contributed by atoms with Gasteiger partial charge in [-0.05, 0) is 61.7 Å². The Morgan fingerprint density at radius 1 is 1.07 bits per heavy atom. The molecule has 2 amide bonds. The van der Waals surface area contributed by atoms with Crippen molar-refractivity contribution in [3.05, 3.63) is 89.2 Å². The van der Waals surface area contributed by atoms with E-state index >= 15 is 0 Å². The molecule has 5 nitrogen and oxygen atoms in total. The highest BCUT2D eigenvalue weighted by atomic mass is 16.2. The van der Waals surface area contributed by atoms with Crippen molar-refractivity contribution in [3.8, 4) is 0 Å². The Morgan fingerprint density at radius 2 is 1.89 bits per heavy atom. The maximum absolute atomic E-state index is 13.1. The SMILES string of the molecule is Cc1cccc(NC(=O)c2ccnc(C(=O)N3c4ccccc4CC3C)c2)c1. The van der Waals surface area contributed by atoms with Gasteiger partial charge in [0.05, 0.1) is 0 Å². The van der Waals surface area contributed by atoms with Crippen molar-refractivity contribution >= 4 is 23.2 Å². The number of carbonyl (C=O) groups excluding carboxylic acids is 2. The summed E-state index contributed by atoms with van der Waals surface area (Å²) in [5.41, 5.74) is 4.51. The summed E-state index contributed by atoms with van der Waals surface area (Å²) >= 11 is 0. The van der Waals surface area contributed by atoms with Crippen molar-refractivity contribution in [1.29, 1.82) is 0 Å². The number of aromatic nitrogens is 1. The van der Waals surface area contributed by atoms with E-state index < -0.39 is 0 Å². The molecule has 5 heteroatoms. The fraction of sp³-hybridized carbons (Fsp3) is 0.174. The third-order valence-corrected chi connectivity index (χ3v) is 4.94. The lowest BCUT2D eigenvalue weighted by Crippen LogP contribution is -2.36. The molecule has 1 aliphatic rings. The zero-order valence-electron chi connectivity index (χ0n) is 15.8. The van der Waals surface area contributed by atoms with Gasteiger partial charge in [-0.15, -0.1) is 0 Å². The number of carbonyl (C=O) groups is 2. The quantitative estimate of drug-likeness (QED) is 0.749. The molecule has 0 aliphatic carbocycles. The number of aryl methyl sites for hydroxylation is 1. The van der Waals surface area contributed by atoms with E-state index in [2.05, 4.69) is 10.3 Å². The second-order valence-electron chi connectivity index (χ2n) is 7.11. The van der Waals surface area contributed by atoms with Gasteiger partial charge in [0.2, 0.25) is 0 Å². The summed E-state index contributed by atoms with van der Waals surface area (Å²) in [7, 11) is 0. The van der Waals surface area contributed by atoms with Crippen molar-refractivity contribution in [2.75, 3.05) is 10.2 Å². The van der Waals surface area contributed by atoms with Crippen LogP contribution in [0.4, 0.5) is 11.4 Å². The van der Waals surface area contributed by atoms with Crippen LogP contribution in [0.5, 0.6) is 0 Å². The molecule has 3 aromatic rings. The number of hydrogen-bond donors (Lipinski definition) is 1. The molecule has 0 saturated carbocycles. The van der Waals surface area contributed by atoms with Gasteiger partial charge in [-0.2, -0.15) is 0 Å². The van der Waals surface area contributed by atoms with Crippen LogP contribution in [0.3, 0.4) is 0 Å². The normalized spacial score (nSPS) is 15.2. The summed E-state index contributed by atoms with van der Waals surface area (Å²) in [5.74, 6) is -0.459. The van der Waals surface area contributed by atoms with Gasteiger partial charge in [0, 0.05) is 29.2 Å². The Kier molecular flexibility index (Phi) is 4.65. The fourth-order valence-electron chi connectivity index (χ4n) is 3.61. The maximum atomic E-state index is 13.1. The van der Waals surface area contributed by atoms with Gasteiger partial charge in [0.15, 0.2) is 0 Å². The summed E-state index contributed by atoms with van der Waals surface area (Å²) in [5, 5.41) is 2.87. The van der Waals surface area contributed by atoms with Crippen LogP contribution >= 0.6 is 0 Å². The molecule has 2 heterocycles. The van der Waals surface area contributed by atoms with Crippen molar-refractivity contribution in [3.63, 3.8) is 0 Å². The molecule has 1 aromatic heterocycles. The van der Waals surface area contributed by atoms with E-state index in [9.17, 15) is 9.59 Å². The topological polar surface area (TPSA) is 62.3 Å². The monoisotopic (exact) mass is 371 g/mol. The Bertz CT molecular complexity index is 1060. The fourth-order valence-corrected chi connectivity index (χ4v) is 3.61. The van der Waals surface area contributed by atoms with Crippen molar-refractivity contribution in [1.82, 2.24) is 4.98 Å². The number of amides is 2. The largest absolute Gasteiger partial charge is 0.322 e. The third kappa shape index (κ3) is 3.39. The lowest BCUT2D eigenvalue weighted by atomic mass is 10.1. The van der Waals surface area contributed by atoms with Crippen LogP contribution in [0.15, 0.2) is 66.9 Å². The molecule has 1 unspecified atom stereocenters. The minimum absolute atomic E-state index is 0.0523. The van der Waals surface area contributed by atoms with Crippen LogP contribution in [-0.2, 0) is 6.42 Å². The average Bonchev–Trinajstić information content (AvgIpc) is 3.03. The lowest BCUT2D eigenvalue weighted by Gasteiger charge is -2.22. The third-order valence-electron chi connectivity index (χ3n) is 4.94. The predicted molar refractivity (Wildman–Crippen MR) is 110 cm³/mol. The molecule has 0 radical (unpaired) electrons. The summed E-state index contributed by atoms with van der Waals surface area (Å²) in [6.45, 7) is 3.99. The molecule has 28 heavy (non-hydrogen) atoms. The van der Waals surface area contributed by atoms with Crippen LogP contribution in [0.1, 0.15) is 38.9 Å². The average molecular weight is 371 g/mol. The Balaban J connectivity index is 1.58. The van der Waals surface area contributed by atoms with Crippen molar-refractivity contribution in [2.24, 2.45) is 0 Å². The maximum Gasteiger partial charge on any atom is 0.277 e. The molecule has 0 spiro atoms. The first kappa shape index (κ1) is 17.9. The summed E-state index contributed by atoms with van der Waals surface area (Å²) in [6, 6.07) is 18.7. The van der Waals surface area contributed by atoms with Gasteiger partial charge >= 0.3 is 0 Å². The number of rotatable bonds is 3. The lowest BCUT2D eigenvalue weighted by molar-refractivity contribution is 0.0976. The van der Waals surface area contributed by atoms with E-state index in [1.807, 2.05) is 62.4 Å². The second kappa shape index (κ2) is 7.27. The Labute approximate surface area is 164 Å². The second-order valence-corrected chi connectivity index (χ2v) is 7.11. The molecular weight excluding hydrogens is 350 g/mol. The highest BCUT2D eigenvalue weighted by molar-refractivity contribution is 6.09. The van der Waals surface area contributed by atoms with Crippen LogP contribution in [0.2, 0.25) is 0 Å². The minimum Gasteiger partial charge on any atom is -0.322 e. The number of pyridine rings is 1. The Hall–Kier alpha value is -3.47. The van der Waals surface area contributed by atoms with Gasteiger partial charge in [0.1, 0.15) is 5.69 Å². The van der Waals surface area contributed by atoms with Crippen LogP contribution in [0.25, 0.3) is 0 Å². The molecule has 140 valence electrons. The number of nitrogens with one attached hydrogen (secondary N) is 1.